The first kappa shape index (κ1) is 14.8. The van der Waals surface area contributed by atoms with Gasteiger partial charge in [-0.25, -0.2) is 9.59 Å². The second kappa shape index (κ2) is 6.08. The van der Waals surface area contributed by atoms with Crippen molar-refractivity contribution >= 4 is 23.4 Å². The van der Waals surface area contributed by atoms with E-state index in [1.54, 1.807) is 46.4 Å². The molecule has 0 fully saturated rings. The van der Waals surface area contributed by atoms with Crippen molar-refractivity contribution in [3.05, 3.63) is 23.8 Å². The average molecular weight is 264 g/mol. The molecule has 19 heavy (non-hydrogen) atoms. The molecule has 0 aliphatic heterocycles. The van der Waals surface area contributed by atoms with Gasteiger partial charge in [-0.05, 0) is 24.6 Å². The van der Waals surface area contributed by atoms with Crippen LogP contribution in [-0.4, -0.2) is 50.1 Å². The topological polar surface area (TPSA) is 64.7 Å². The van der Waals surface area contributed by atoms with E-state index in [1.807, 2.05) is 6.92 Å². The number of urea groups is 2. The third-order valence-corrected chi connectivity index (χ3v) is 2.63. The minimum Gasteiger partial charge on any atom is -0.331 e. The summed E-state index contributed by atoms with van der Waals surface area (Å²) in [5, 5.41) is 5.55. The molecule has 0 heterocycles. The number of hydrogen-bond donors (Lipinski definition) is 2. The molecule has 0 saturated heterocycles. The molecular weight excluding hydrogens is 244 g/mol. The van der Waals surface area contributed by atoms with Crippen LogP contribution in [0.4, 0.5) is 21.0 Å². The average Bonchev–Trinajstić information content (AvgIpc) is 2.33. The normalized spacial score (nSPS) is 9.74. The predicted octanol–water partition coefficient (Wildman–Crippen LogP) is 2.18. The lowest BCUT2D eigenvalue weighted by molar-refractivity contribution is 0.230. The summed E-state index contributed by atoms with van der Waals surface area (Å²) in [6.07, 6.45) is 0. The van der Waals surface area contributed by atoms with E-state index >= 15 is 0 Å². The van der Waals surface area contributed by atoms with Gasteiger partial charge in [0.05, 0.1) is 0 Å². The zero-order valence-electron chi connectivity index (χ0n) is 11.9. The van der Waals surface area contributed by atoms with Crippen molar-refractivity contribution in [2.45, 2.75) is 6.92 Å². The smallest absolute Gasteiger partial charge is 0.321 e. The van der Waals surface area contributed by atoms with Crippen molar-refractivity contribution in [2.24, 2.45) is 0 Å². The van der Waals surface area contributed by atoms with Crippen LogP contribution in [0, 0.1) is 6.92 Å². The highest BCUT2D eigenvalue weighted by Crippen LogP contribution is 2.23. The van der Waals surface area contributed by atoms with E-state index < -0.39 is 0 Å². The fraction of sp³-hybridized carbons (Fsp3) is 0.385. The second-order valence-corrected chi connectivity index (χ2v) is 4.63. The predicted molar refractivity (Wildman–Crippen MR) is 76.6 cm³/mol. The zero-order valence-corrected chi connectivity index (χ0v) is 11.9. The number of anilines is 2. The van der Waals surface area contributed by atoms with E-state index in [1.165, 1.54) is 9.80 Å². The van der Waals surface area contributed by atoms with Crippen molar-refractivity contribution in [2.75, 3.05) is 38.8 Å². The molecular formula is C13H20N4O2. The lowest BCUT2D eigenvalue weighted by atomic mass is 10.1. The first-order chi connectivity index (χ1) is 8.82. The van der Waals surface area contributed by atoms with Gasteiger partial charge in [0.2, 0.25) is 0 Å². The lowest BCUT2D eigenvalue weighted by Gasteiger charge is -2.17. The first-order valence-corrected chi connectivity index (χ1v) is 5.89. The van der Waals surface area contributed by atoms with Gasteiger partial charge in [-0.1, -0.05) is 6.07 Å². The molecule has 6 nitrogen and oxygen atoms in total. The Morgan fingerprint density at radius 3 is 1.58 bits per heavy atom. The summed E-state index contributed by atoms with van der Waals surface area (Å²) in [6, 6.07) is 4.95. The molecule has 104 valence electrons. The second-order valence-electron chi connectivity index (χ2n) is 4.63. The highest BCUT2D eigenvalue weighted by molar-refractivity contribution is 5.94. The number of rotatable bonds is 2. The van der Waals surface area contributed by atoms with Crippen molar-refractivity contribution in [1.29, 1.82) is 0 Å². The third-order valence-electron chi connectivity index (χ3n) is 2.63. The summed E-state index contributed by atoms with van der Waals surface area (Å²) in [6.45, 7) is 1.84. The summed E-state index contributed by atoms with van der Waals surface area (Å²) in [5.74, 6) is 0. The quantitative estimate of drug-likeness (QED) is 0.860. The molecule has 0 aliphatic rings. The van der Waals surface area contributed by atoms with Crippen LogP contribution in [0.5, 0.6) is 0 Å². The van der Waals surface area contributed by atoms with Crippen molar-refractivity contribution in [3.8, 4) is 0 Å². The molecule has 2 N–H and O–H groups in total. The van der Waals surface area contributed by atoms with E-state index in [0.29, 0.717) is 11.4 Å². The van der Waals surface area contributed by atoms with Gasteiger partial charge >= 0.3 is 12.1 Å². The summed E-state index contributed by atoms with van der Waals surface area (Å²) in [5.41, 5.74) is 2.17. The molecule has 1 rings (SSSR count). The Morgan fingerprint density at radius 1 is 0.895 bits per heavy atom. The van der Waals surface area contributed by atoms with Crippen LogP contribution >= 0.6 is 0 Å². The Labute approximate surface area is 113 Å². The monoisotopic (exact) mass is 264 g/mol. The number of carbonyl (C=O) groups excluding carboxylic acids is 2. The van der Waals surface area contributed by atoms with Gasteiger partial charge < -0.3 is 20.4 Å². The van der Waals surface area contributed by atoms with Crippen molar-refractivity contribution < 1.29 is 9.59 Å². The van der Waals surface area contributed by atoms with Gasteiger partial charge in [0.25, 0.3) is 0 Å². The van der Waals surface area contributed by atoms with Gasteiger partial charge in [0.15, 0.2) is 0 Å². The van der Waals surface area contributed by atoms with Crippen molar-refractivity contribution in [3.63, 3.8) is 0 Å². The van der Waals surface area contributed by atoms with Gasteiger partial charge in [-0.2, -0.15) is 0 Å². The summed E-state index contributed by atoms with van der Waals surface area (Å²) in [7, 11) is 6.68. The summed E-state index contributed by atoms with van der Waals surface area (Å²) >= 11 is 0. The molecule has 0 radical (unpaired) electrons. The van der Waals surface area contributed by atoms with E-state index in [9.17, 15) is 9.59 Å². The van der Waals surface area contributed by atoms with Crippen LogP contribution in [-0.2, 0) is 0 Å². The Bertz CT molecular complexity index is 443. The fourth-order valence-corrected chi connectivity index (χ4v) is 1.36. The number of hydrogen-bond acceptors (Lipinski definition) is 2. The van der Waals surface area contributed by atoms with E-state index in [2.05, 4.69) is 10.6 Å². The minimum absolute atomic E-state index is 0.209. The molecule has 0 spiro atoms. The van der Waals surface area contributed by atoms with Crippen LogP contribution in [0.25, 0.3) is 0 Å². The number of carbonyl (C=O) groups is 2. The summed E-state index contributed by atoms with van der Waals surface area (Å²) < 4.78 is 0. The maximum atomic E-state index is 11.6. The van der Waals surface area contributed by atoms with E-state index in [0.717, 1.165) is 5.56 Å². The molecule has 0 bridgehead atoms. The molecule has 0 saturated carbocycles. The lowest BCUT2D eigenvalue weighted by Crippen LogP contribution is -2.29. The Hall–Kier alpha value is -2.24. The van der Waals surface area contributed by atoms with Gasteiger partial charge in [0.1, 0.15) is 0 Å². The van der Waals surface area contributed by atoms with E-state index in [-0.39, 0.29) is 12.1 Å². The SMILES string of the molecule is Cc1c(NC(=O)N(C)C)cccc1NC(=O)N(C)C. The Morgan fingerprint density at radius 2 is 1.26 bits per heavy atom. The molecule has 6 heteroatoms. The molecule has 1 aromatic carbocycles. The molecule has 4 amide bonds. The third kappa shape index (κ3) is 3.87. The zero-order chi connectivity index (χ0) is 14.6. The number of amides is 4. The maximum Gasteiger partial charge on any atom is 0.321 e. The summed E-state index contributed by atoms with van der Waals surface area (Å²) in [4.78, 5) is 26.1. The largest absolute Gasteiger partial charge is 0.331 e. The van der Waals surface area contributed by atoms with Gasteiger partial charge in [0, 0.05) is 39.6 Å². The van der Waals surface area contributed by atoms with Crippen LogP contribution in [0.15, 0.2) is 18.2 Å². The van der Waals surface area contributed by atoms with E-state index in [4.69, 9.17) is 0 Å². The Balaban J connectivity index is 2.92. The first-order valence-electron chi connectivity index (χ1n) is 5.89. The number of nitrogens with zero attached hydrogens (tertiary/aromatic N) is 2. The number of nitrogens with one attached hydrogen (secondary N) is 2. The molecule has 0 aliphatic carbocycles. The Kier molecular flexibility index (Phi) is 4.74. The fourth-order valence-electron chi connectivity index (χ4n) is 1.36. The maximum absolute atomic E-state index is 11.6. The van der Waals surface area contributed by atoms with Gasteiger partial charge in [-0.15, -0.1) is 0 Å². The molecule has 0 atom stereocenters. The number of benzene rings is 1. The van der Waals surface area contributed by atoms with Gasteiger partial charge in [-0.3, -0.25) is 0 Å². The van der Waals surface area contributed by atoms with Crippen LogP contribution in [0.2, 0.25) is 0 Å². The highest BCUT2D eigenvalue weighted by atomic mass is 16.2. The highest BCUT2D eigenvalue weighted by Gasteiger charge is 2.11. The molecule has 0 aromatic heterocycles. The molecule has 0 unspecified atom stereocenters. The van der Waals surface area contributed by atoms with Crippen molar-refractivity contribution in [1.82, 2.24) is 9.80 Å². The van der Waals surface area contributed by atoms with Crippen LogP contribution in [0.1, 0.15) is 5.56 Å². The standard InChI is InChI=1S/C13H20N4O2/c1-9-10(14-12(18)16(2)3)7-6-8-11(9)15-13(19)17(4)5/h6-8H,1-5H3,(H,14,18)(H,15,19). The molecule has 1 aromatic rings. The van der Waals surface area contributed by atoms with Crippen LogP contribution < -0.4 is 10.6 Å². The van der Waals surface area contributed by atoms with Crippen LogP contribution in [0.3, 0.4) is 0 Å². The minimum atomic E-state index is -0.209.